The Morgan fingerprint density at radius 1 is 0.780 bits per heavy atom. The number of hydrogen-bond acceptors (Lipinski definition) is 14. The summed E-state index contributed by atoms with van der Waals surface area (Å²) in [6, 6.07) is 37.3. The number of ether oxygens (including phenoxy) is 1. The molecule has 3 aliphatic rings. The van der Waals surface area contributed by atoms with Crippen molar-refractivity contribution in [2.45, 2.75) is 102 Å². The van der Waals surface area contributed by atoms with Crippen molar-refractivity contribution in [1.82, 2.24) is 25.3 Å². The number of nitrogens with zero attached hydrogens (tertiary/aromatic N) is 5. The number of amides is 1. The molecule has 11 rings (SSSR count). The van der Waals surface area contributed by atoms with E-state index in [1.165, 1.54) is 6.20 Å². The molecule has 2 aliphatic heterocycles. The average Bonchev–Trinajstić information content (AvgIpc) is 1.59. The van der Waals surface area contributed by atoms with Gasteiger partial charge in [-0.15, -0.1) is 0 Å². The van der Waals surface area contributed by atoms with E-state index in [2.05, 4.69) is 141 Å². The van der Waals surface area contributed by atoms with Crippen LogP contribution in [0.25, 0.3) is 32.7 Å². The Balaban J connectivity index is 0.896. The van der Waals surface area contributed by atoms with Gasteiger partial charge in [0.25, 0.3) is 31.7 Å². The molecule has 2 aromatic heterocycles. The number of anilines is 3. The number of benzene rings is 6. The van der Waals surface area contributed by atoms with Crippen LogP contribution in [0.5, 0.6) is 5.75 Å². The number of fused-ring (bicyclic) bond motifs is 7. The SMILES string of the molecule is CC1(C)C(/C=C/C2=C(Oc3ccc(C[C@H](NC(=O)c4ccc(NCc5cnc6nc(N)[nH]c(=O)c6n5)cc4)C(=O)O)cc3)C(=C/C=C3/N(CCCCS(=O)(=O)O)c4ccc5ccccc5c4C3(C)C)/CCC2)=[N+](CCCCS(=O)(=O)O)c2ccc3ccccc3c21. The highest BCUT2D eigenvalue weighted by atomic mass is 32.2. The van der Waals surface area contributed by atoms with Crippen LogP contribution in [0.1, 0.15) is 105 Å². The van der Waals surface area contributed by atoms with E-state index in [0.29, 0.717) is 67.2 Å². The van der Waals surface area contributed by atoms with Gasteiger partial charge in [-0.05, 0) is 157 Å². The van der Waals surface area contributed by atoms with Gasteiger partial charge in [0.15, 0.2) is 16.9 Å². The average molecular weight is 1270 g/mol. The lowest BCUT2D eigenvalue weighted by Crippen LogP contribution is -2.42. The maximum atomic E-state index is 13.6. The van der Waals surface area contributed by atoms with E-state index in [9.17, 15) is 45.4 Å². The first-order valence-corrected chi connectivity index (χ1v) is 33.5. The van der Waals surface area contributed by atoms with Crippen LogP contribution in [-0.4, -0.2) is 104 Å². The maximum Gasteiger partial charge on any atom is 0.326 e. The number of unbranched alkanes of at least 4 members (excludes halogenated alkanes) is 2. The van der Waals surface area contributed by atoms with Crippen molar-refractivity contribution in [2.24, 2.45) is 0 Å². The Morgan fingerprint density at radius 3 is 2.14 bits per heavy atom. The predicted octanol–water partition coefficient (Wildman–Crippen LogP) is 11.0. The van der Waals surface area contributed by atoms with Crippen LogP contribution >= 0.6 is 0 Å². The van der Waals surface area contributed by atoms with E-state index in [4.69, 9.17) is 10.5 Å². The molecule has 8 N–H and O–H groups in total. The van der Waals surface area contributed by atoms with Gasteiger partial charge in [0.2, 0.25) is 11.6 Å². The number of rotatable bonds is 23. The van der Waals surface area contributed by atoms with Crippen molar-refractivity contribution in [3.63, 3.8) is 0 Å². The molecule has 0 unspecified atom stereocenters. The fraction of sp³-hybridized carbons (Fsp3) is 0.290. The summed E-state index contributed by atoms with van der Waals surface area (Å²) in [5.74, 6) is -1.42. The van der Waals surface area contributed by atoms with E-state index in [1.807, 2.05) is 24.3 Å². The number of carboxylic acids is 1. The Bertz CT molecular complexity index is 4650. The van der Waals surface area contributed by atoms with Crippen LogP contribution in [0.3, 0.4) is 0 Å². The Labute approximate surface area is 527 Å². The number of hydrogen-bond donors (Lipinski definition) is 7. The number of allylic oxidation sites excluding steroid dienone is 7. The molecule has 91 heavy (non-hydrogen) atoms. The van der Waals surface area contributed by atoms with Crippen molar-refractivity contribution in [3.8, 4) is 5.75 Å². The zero-order chi connectivity index (χ0) is 64.4. The monoisotopic (exact) mass is 1270 g/mol. The number of nitrogen functional groups attached to an aromatic ring is 1. The molecular weight excluding hydrogens is 1190 g/mol. The smallest absolute Gasteiger partial charge is 0.326 e. The molecule has 0 spiro atoms. The van der Waals surface area contributed by atoms with Crippen LogP contribution in [0.15, 0.2) is 179 Å². The summed E-state index contributed by atoms with van der Waals surface area (Å²) in [5.41, 5.74) is 14.4. The van der Waals surface area contributed by atoms with Crippen LogP contribution in [0.4, 0.5) is 23.0 Å². The molecule has 8 aromatic rings. The van der Waals surface area contributed by atoms with E-state index < -0.39 is 54.5 Å². The third-order valence-corrected chi connectivity index (χ3v) is 18.8. The Hall–Kier alpha value is -9.35. The van der Waals surface area contributed by atoms with E-state index >= 15 is 0 Å². The van der Waals surface area contributed by atoms with Gasteiger partial charge in [-0.1, -0.05) is 86.7 Å². The molecule has 470 valence electrons. The summed E-state index contributed by atoms with van der Waals surface area (Å²) in [5, 5.41) is 20.7. The van der Waals surface area contributed by atoms with Gasteiger partial charge in [0.1, 0.15) is 24.1 Å². The number of carboxylic acid groups (broad SMARTS) is 1. The number of aromatic amines is 1. The molecule has 1 aliphatic carbocycles. The Morgan fingerprint density at radius 2 is 1.45 bits per heavy atom. The second-order valence-electron chi connectivity index (χ2n) is 24.3. The van der Waals surface area contributed by atoms with Crippen molar-refractivity contribution < 1.29 is 49.9 Å². The van der Waals surface area contributed by atoms with E-state index in [0.717, 1.165) is 73.0 Å². The molecule has 0 fully saturated rings. The van der Waals surface area contributed by atoms with Crippen molar-refractivity contribution >= 4 is 93.5 Å². The van der Waals surface area contributed by atoms with Crippen molar-refractivity contribution in [2.75, 3.05) is 40.5 Å². The quantitative estimate of drug-likeness (QED) is 0.0178. The minimum atomic E-state index is -4.15. The molecule has 0 bridgehead atoms. The molecule has 22 heteroatoms. The first kappa shape index (κ1) is 63.2. The first-order chi connectivity index (χ1) is 43.4. The molecule has 0 radical (unpaired) electrons. The standard InChI is InChI=1S/C69H71N9O11S2/c1-68(2)57(77(36-9-11-38-90(83,84)85)55-32-24-44-14-5-7-18-52(44)59(55)68)34-26-46-16-13-17-47(27-35-58-69(3,4)60-53-19-8-6-15-45(53)25-33-56(60)78(58)37-10-12-39-91(86,87)88)62(46)89-51-30-20-43(21-31-51)40-54(66(81)82)74-64(79)48-22-28-49(29-23-48)71-41-50-42-72-63-61(73-50)65(80)76-67(70)75-63/h5-8,14-15,18-35,42,54H,9-13,16-17,36-41H2,1-4H3,(H7-,70,71,72,74,75,76,79,80,81,82,83,84,85,86,87,88)/p+1/t54-/m0/s1. The maximum absolute atomic E-state index is 13.6. The van der Waals surface area contributed by atoms with Gasteiger partial charge in [0.05, 0.1) is 35.4 Å². The zero-order valence-corrected chi connectivity index (χ0v) is 52.6. The van der Waals surface area contributed by atoms with Gasteiger partial charge in [0, 0.05) is 65.1 Å². The number of aliphatic carboxylic acids is 1. The fourth-order valence-corrected chi connectivity index (χ4v) is 14.0. The number of nitrogens with one attached hydrogen (secondary N) is 3. The largest absolute Gasteiger partial charge is 0.480 e. The molecule has 4 heterocycles. The van der Waals surface area contributed by atoms with E-state index in [1.54, 1.807) is 48.5 Å². The molecule has 0 saturated carbocycles. The number of H-pyrrole nitrogens is 1. The van der Waals surface area contributed by atoms with Crippen LogP contribution in [0, 0.1) is 0 Å². The number of carbonyl (C=O) groups is 2. The highest BCUT2D eigenvalue weighted by molar-refractivity contribution is 7.86. The highest BCUT2D eigenvalue weighted by Crippen LogP contribution is 2.51. The van der Waals surface area contributed by atoms with E-state index in [-0.39, 0.29) is 60.0 Å². The van der Waals surface area contributed by atoms with Crippen molar-refractivity contribution in [1.29, 1.82) is 0 Å². The van der Waals surface area contributed by atoms with Crippen LogP contribution < -0.4 is 31.6 Å². The van der Waals surface area contributed by atoms with Crippen molar-refractivity contribution in [3.05, 3.63) is 213 Å². The van der Waals surface area contributed by atoms with Crippen LogP contribution in [-0.2, 0) is 48.8 Å². The summed E-state index contributed by atoms with van der Waals surface area (Å²) in [4.78, 5) is 55.9. The molecular formula is C69H72N9O11S2+. The number of carbonyl (C=O) groups excluding carboxylic acids is 1. The summed E-state index contributed by atoms with van der Waals surface area (Å²) >= 11 is 0. The molecule has 0 saturated heterocycles. The fourth-order valence-electron chi connectivity index (χ4n) is 12.8. The molecule has 6 aromatic carbocycles. The topological polar surface area (TPSA) is 300 Å². The normalized spacial score (nSPS) is 16.7. The Kier molecular flexibility index (Phi) is 18.0. The van der Waals surface area contributed by atoms with Gasteiger partial charge in [-0.25, -0.2) is 14.8 Å². The van der Waals surface area contributed by atoms with Gasteiger partial charge in [-0.3, -0.25) is 23.7 Å². The number of aromatic nitrogens is 4. The summed E-state index contributed by atoms with van der Waals surface area (Å²) in [6.45, 7) is 10.0. The molecule has 1 atom stereocenters. The third-order valence-electron chi connectivity index (χ3n) is 17.2. The summed E-state index contributed by atoms with van der Waals surface area (Å²) in [6.07, 6.45) is 13.6. The molecule has 1 amide bonds. The first-order valence-electron chi connectivity index (χ1n) is 30.3. The lowest BCUT2D eigenvalue weighted by atomic mass is 9.78. The zero-order valence-electron chi connectivity index (χ0n) is 50.9. The predicted molar refractivity (Wildman–Crippen MR) is 354 cm³/mol. The minimum Gasteiger partial charge on any atom is -0.480 e. The van der Waals surface area contributed by atoms with Gasteiger partial charge < -0.3 is 31.1 Å². The summed E-state index contributed by atoms with van der Waals surface area (Å²) in [7, 11) is -8.30. The van der Waals surface area contributed by atoms with Gasteiger partial charge >= 0.3 is 5.97 Å². The molecule has 20 nitrogen and oxygen atoms in total. The number of nitrogens with two attached hydrogens (primary N) is 1. The van der Waals surface area contributed by atoms with Crippen LogP contribution in [0.2, 0.25) is 0 Å². The second-order valence-corrected chi connectivity index (χ2v) is 27.4. The minimum absolute atomic E-state index is 0.0354. The second kappa shape index (κ2) is 25.9. The lowest BCUT2D eigenvalue weighted by Gasteiger charge is -2.28. The lowest BCUT2D eigenvalue weighted by molar-refractivity contribution is -0.438. The highest BCUT2D eigenvalue weighted by Gasteiger charge is 2.46. The van der Waals surface area contributed by atoms with Gasteiger partial charge in [-0.2, -0.15) is 26.4 Å². The summed E-state index contributed by atoms with van der Waals surface area (Å²) < 4.78 is 75.9. The third kappa shape index (κ3) is 14.0.